The molecule has 2 N–H and O–H groups in total. The first-order valence-electron chi connectivity index (χ1n) is 7.07. The lowest BCUT2D eigenvalue weighted by Gasteiger charge is -2.36. The predicted molar refractivity (Wildman–Crippen MR) is 87.2 cm³/mol. The number of rotatable bonds is 4. The summed E-state index contributed by atoms with van der Waals surface area (Å²) in [6.07, 6.45) is 0.878. The van der Waals surface area contributed by atoms with Crippen molar-refractivity contribution in [2.75, 3.05) is 26.2 Å². The second-order valence-corrected chi connectivity index (χ2v) is 6.54. The van der Waals surface area contributed by atoms with E-state index in [1.807, 2.05) is 19.1 Å². The second kappa shape index (κ2) is 6.74. The number of aromatic hydroxyl groups is 1. The number of phenolic OH excluding ortho intramolecular Hbond substituents is 1. The number of nitrogens with zero attached hydrogens (tertiary/aromatic N) is 1. The lowest BCUT2D eigenvalue weighted by Crippen LogP contribution is -2.45. The van der Waals surface area contributed by atoms with Crippen molar-refractivity contribution in [1.29, 1.82) is 0 Å². The first kappa shape index (κ1) is 15.5. The zero-order chi connectivity index (χ0) is 14.7. The average Bonchev–Trinajstić information content (AvgIpc) is 2.41. The molecule has 1 aliphatic heterocycles. The number of hydrogen-bond acceptors (Lipinski definition) is 3. The molecule has 4 heteroatoms. The van der Waals surface area contributed by atoms with Gasteiger partial charge in [0.2, 0.25) is 0 Å². The number of piperazine rings is 1. The maximum atomic E-state index is 10.4. The van der Waals surface area contributed by atoms with E-state index < -0.39 is 0 Å². The van der Waals surface area contributed by atoms with Crippen LogP contribution in [0, 0.1) is 6.92 Å². The van der Waals surface area contributed by atoms with Gasteiger partial charge in [0, 0.05) is 42.3 Å². The zero-order valence-electron chi connectivity index (χ0n) is 12.2. The third-order valence-electron chi connectivity index (χ3n) is 3.79. The van der Waals surface area contributed by atoms with Gasteiger partial charge in [-0.3, -0.25) is 4.90 Å². The van der Waals surface area contributed by atoms with Crippen LogP contribution >= 0.6 is 15.9 Å². The Morgan fingerprint density at radius 2 is 2.10 bits per heavy atom. The highest BCUT2D eigenvalue weighted by Gasteiger charge is 2.25. The summed E-state index contributed by atoms with van der Waals surface area (Å²) in [5.74, 6) is 0.415. The molecule has 0 spiro atoms. The minimum Gasteiger partial charge on any atom is -0.507 e. The lowest BCUT2D eigenvalue weighted by molar-refractivity contribution is 0.169. The molecular formula is C16H23BrN2O. The van der Waals surface area contributed by atoms with Gasteiger partial charge in [0.05, 0.1) is 0 Å². The topological polar surface area (TPSA) is 35.5 Å². The van der Waals surface area contributed by atoms with E-state index in [1.54, 1.807) is 0 Å². The van der Waals surface area contributed by atoms with Gasteiger partial charge >= 0.3 is 0 Å². The van der Waals surface area contributed by atoms with Gasteiger partial charge < -0.3 is 10.4 Å². The number of hydrogen-bond donors (Lipinski definition) is 2. The maximum Gasteiger partial charge on any atom is 0.123 e. The molecule has 0 aromatic heterocycles. The molecule has 0 saturated carbocycles. The molecule has 1 aliphatic rings. The van der Waals surface area contributed by atoms with Crippen LogP contribution in [0.5, 0.6) is 5.75 Å². The van der Waals surface area contributed by atoms with Crippen molar-refractivity contribution in [3.8, 4) is 5.75 Å². The van der Waals surface area contributed by atoms with Crippen LogP contribution in [0.25, 0.3) is 0 Å². The van der Waals surface area contributed by atoms with Crippen LogP contribution in [0.2, 0.25) is 0 Å². The van der Waals surface area contributed by atoms with Gasteiger partial charge in [-0.2, -0.15) is 0 Å². The van der Waals surface area contributed by atoms with E-state index in [9.17, 15) is 5.11 Å². The van der Waals surface area contributed by atoms with Gasteiger partial charge in [0.25, 0.3) is 0 Å². The molecule has 110 valence electrons. The van der Waals surface area contributed by atoms with E-state index in [0.29, 0.717) is 5.75 Å². The fraction of sp³-hybridized carbons (Fsp3) is 0.500. The Balaban J connectivity index is 2.37. The van der Waals surface area contributed by atoms with Crippen LogP contribution in [0.3, 0.4) is 0 Å². The summed E-state index contributed by atoms with van der Waals surface area (Å²) >= 11 is 3.54. The maximum absolute atomic E-state index is 10.4. The van der Waals surface area contributed by atoms with Crippen LogP contribution in [0.1, 0.15) is 30.5 Å². The highest BCUT2D eigenvalue weighted by molar-refractivity contribution is 9.10. The molecule has 1 aromatic carbocycles. The number of nitrogens with one attached hydrogen (secondary N) is 1. The van der Waals surface area contributed by atoms with Crippen LogP contribution in [-0.2, 0) is 0 Å². The van der Waals surface area contributed by atoms with Crippen molar-refractivity contribution in [1.82, 2.24) is 10.2 Å². The Morgan fingerprint density at radius 3 is 2.70 bits per heavy atom. The standard InChI is InChI=1S/C16H23BrN2O/c1-11(2)8-15(19-6-4-18-5-7-19)14-10-13(17)9-12(3)16(14)20/h9-10,15,18,20H,1,4-8H2,2-3H3/t15-/m0/s1. The van der Waals surface area contributed by atoms with Gasteiger partial charge in [-0.25, -0.2) is 0 Å². The van der Waals surface area contributed by atoms with E-state index in [4.69, 9.17) is 0 Å². The molecular weight excluding hydrogens is 316 g/mol. The molecule has 3 nitrogen and oxygen atoms in total. The Kier molecular flexibility index (Phi) is 5.24. The molecule has 0 amide bonds. The van der Waals surface area contributed by atoms with Gasteiger partial charge in [-0.1, -0.05) is 21.5 Å². The van der Waals surface area contributed by atoms with Crippen LogP contribution in [-0.4, -0.2) is 36.2 Å². The Morgan fingerprint density at radius 1 is 1.45 bits per heavy atom. The first-order chi connectivity index (χ1) is 9.49. The summed E-state index contributed by atoms with van der Waals surface area (Å²) in [4.78, 5) is 2.44. The lowest BCUT2D eigenvalue weighted by atomic mass is 9.95. The molecule has 2 rings (SSSR count). The molecule has 1 aromatic rings. The summed E-state index contributed by atoms with van der Waals surface area (Å²) in [6, 6.07) is 4.19. The minimum atomic E-state index is 0.200. The molecule has 0 bridgehead atoms. The van der Waals surface area contributed by atoms with Gasteiger partial charge in [-0.15, -0.1) is 6.58 Å². The van der Waals surface area contributed by atoms with E-state index in [1.165, 1.54) is 0 Å². The second-order valence-electron chi connectivity index (χ2n) is 5.62. The van der Waals surface area contributed by atoms with E-state index in [0.717, 1.165) is 53.8 Å². The smallest absolute Gasteiger partial charge is 0.123 e. The summed E-state index contributed by atoms with van der Waals surface area (Å²) in [7, 11) is 0. The number of halogens is 1. The largest absolute Gasteiger partial charge is 0.507 e. The third-order valence-corrected chi connectivity index (χ3v) is 4.25. The molecule has 0 radical (unpaired) electrons. The fourth-order valence-electron chi connectivity index (χ4n) is 2.78. The first-order valence-corrected chi connectivity index (χ1v) is 7.86. The molecule has 0 aliphatic carbocycles. The molecule has 1 heterocycles. The van der Waals surface area contributed by atoms with Crippen molar-refractivity contribution in [3.05, 3.63) is 39.9 Å². The molecule has 1 saturated heterocycles. The Bertz CT molecular complexity index is 495. The van der Waals surface area contributed by atoms with Crippen molar-refractivity contribution < 1.29 is 5.11 Å². The molecule has 20 heavy (non-hydrogen) atoms. The van der Waals surface area contributed by atoms with Crippen molar-refractivity contribution in [2.24, 2.45) is 0 Å². The fourth-order valence-corrected chi connectivity index (χ4v) is 3.37. The minimum absolute atomic E-state index is 0.200. The summed E-state index contributed by atoms with van der Waals surface area (Å²) in [6.45, 7) is 12.1. The predicted octanol–water partition coefficient (Wildman–Crippen LogP) is 3.38. The van der Waals surface area contributed by atoms with Crippen LogP contribution in [0.4, 0.5) is 0 Å². The molecule has 1 atom stereocenters. The number of aryl methyl sites for hydroxylation is 1. The van der Waals surface area contributed by atoms with E-state index in [2.05, 4.69) is 39.6 Å². The number of benzene rings is 1. The van der Waals surface area contributed by atoms with Crippen molar-refractivity contribution in [2.45, 2.75) is 26.3 Å². The Labute approximate surface area is 129 Å². The monoisotopic (exact) mass is 338 g/mol. The average molecular weight is 339 g/mol. The Hall–Kier alpha value is -0.840. The third kappa shape index (κ3) is 3.62. The quantitative estimate of drug-likeness (QED) is 0.826. The highest BCUT2D eigenvalue weighted by Crippen LogP contribution is 2.37. The summed E-state index contributed by atoms with van der Waals surface area (Å²) in [5.41, 5.74) is 3.06. The molecule has 1 fully saturated rings. The highest BCUT2D eigenvalue weighted by atomic mass is 79.9. The molecule has 0 unspecified atom stereocenters. The van der Waals surface area contributed by atoms with Crippen molar-refractivity contribution in [3.63, 3.8) is 0 Å². The van der Waals surface area contributed by atoms with Crippen molar-refractivity contribution >= 4 is 15.9 Å². The van der Waals surface area contributed by atoms with E-state index in [-0.39, 0.29) is 6.04 Å². The summed E-state index contributed by atoms with van der Waals surface area (Å²) < 4.78 is 1.02. The number of phenols is 1. The SMILES string of the molecule is C=C(C)C[C@@H](c1cc(Br)cc(C)c1O)N1CCNCC1. The van der Waals surface area contributed by atoms with E-state index >= 15 is 0 Å². The van der Waals surface area contributed by atoms with Crippen LogP contribution in [0.15, 0.2) is 28.8 Å². The van der Waals surface area contributed by atoms with Gasteiger partial charge in [0.1, 0.15) is 5.75 Å². The normalized spacial score (nSPS) is 17.9. The van der Waals surface area contributed by atoms with Crippen LogP contribution < -0.4 is 5.32 Å². The van der Waals surface area contributed by atoms with Gasteiger partial charge in [-0.05, 0) is 38.0 Å². The zero-order valence-corrected chi connectivity index (χ0v) is 13.8. The summed E-state index contributed by atoms with van der Waals surface area (Å²) in [5, 5.41) is 13.8. The van der Waals surface area contributed by atoms with Gasteiger partial charge in [0.15, 0.2) is 0 Å².